The highest BCUT2D eigenvalue weighted by molar-refractivity contribution is 5.40. The Labute approximate surface area is 106 Å². The van der Waals surface area contributed by atoms with Crippen LogP contribution in [0.5, 0.6) is 0 Å². The summed E-state index contributed by atoms with van der Waals surface area (Å²) in [5, 5.41) is 13.9. The van der Waals surface area contributed by atoms with Gasteiger partial charge in [-0.15, -0.1) is 0 Å². The van der Waals surface area contributed by atoms with Crippen molar-refractivity contribution >= 4 is 5.69 Å². The number of benzene rings is 1. The van der Waals surface area contributed by atoms with Crippen LogP contribution in [-0.2, 0) is 6.54 Å². The van der Waals surface area contributed by atoms with Crippen LogP contribution in [0.15, 0.2) is 18.2 Å². The van der Waals surface area contributed by atoms with Crippen molar-refractivity contribution in [2.24, 2.45) is 5.41 Å². The molecular weight excluding hydrogens is 235 g/mol. The largest absolute Gasteiger partial charge is 0.312 e. The van der Waals surface area contributed by atoms with Crippen LogP contribution < -0.4 is 5.32 Å². The van der Waals surface area contributed by atoms with Crippen molar-refractivity contribution in [2.45, 2.75) is 33.7 Å². The molecule has 0 aliphatic carbocycles. The Morgan fingerprint density at radius 3 is 2.61 bits per heavy atom. The van der Waals surface area contributed by atoms with Crippen LogP contribution in [0.1, 0.15) is 32.8 Å². The first-order valence-electron chi connectivity index (χ1n) is 5.93. The summed E-state index contributed by atoms with van der Waals surface area (Å²) in [7, 11) is 0. The van der Waals surface area contributed by atoms with E-state index in [9.17, 15) is 14.5 Å². The van der Waals surface area contributed by atoms with Crippen LogP contribution in [0.4, 0.5) is 10.1 Å². The molecule has 0 saturated heterocycles. The van der Waals surface area contributed by atoms with Gasteiger partial charge in [-0.05, 0) is 30.5 Å². The lowest BCUT2D eigenvalue weighted by atomic mass is 9.92. The maximum absolute atomic E-state index is 13.1. The fourth-order valence-corrected chi connectivity index (χ4v) is 1.56. The average molecular weight is 254 g/mol. The lowest BCUT2D eigenvalue weighted by Crippen LogP contribution is -2.20. The molecule has 0 aliphatic rings. The topological polar surface area (TPSA) is 55.2 Å². The summed E-state index contributed by atoms with van der Waals surface area (Å²) in [4.78, 5) is 10.3. The molecule has 0 heterocycles. The van der Waals surface area contributed by atoms with Gasteiger partial charge in [0, 0.05) is 18.2 Å². The van der Waals surface area contributed by atoms with Crippen LogP contribution in [0.2, 0.25) is 0 Å². The SMILES string of the molecule is CC(C)(C)CCNCc1cc(F)ccc1[N+](=O)[O-]. The molecule has 0 radical (unpaired) electrons. The third kappa shape index (κ3) is 4.79. The molecule has 0 unspecified atom stereocenters. The average Bonchev–Trinajstić information content (AvgIpc) is 2.22. The molecule has 4 nitrogen and oxygen atoms in total. The van der Waals surface area contributed by atoms with E-state index >= 15 is 0 Å². The second kappa shape index (κ2) is 5.91. The minimum atomic E-state index is -0.486. The summed E-state index contributed by atoms with van der Waals surface area (Å²) < 4.78 is 13.1. The van der Waals surface area contributed by atoms with E-state index in [4.69, 9.17) is 0 Å². The number of nitrogens with one attached hydrogen (secondary N) is 1. The van der Waals surface area contributed by atoms with Crippen LogP contribution in [0.25, 0.3) is 0 Å². The molecule has 0 saturated carbocycles. The van der Waals surface area contributed by atoms with Crippen molar-refractivity contribution in [2.75, 3.05) is 6.54 Å². The molecule has 1 aromatic carbocycles. The molecule has 0 aromatic heterocycles. The van der Waals surface area contributed by atoms with Gasteiger partial charge in [0.05, 0.1) is 4.92 Å². The molecule has 1 aromatic rings. The summed E-state index contributed by atoms with van der Waals surface area (Å²) in [6, 6.07) is 3.52. The van der Waals surface area contributed by atoms with Gasteiger partial charge in [-0.1, -0.05) is 20.8 Å². The van der Waals surface area contributed by atoms with E-state index in [-0.39, 0.29) is 11.1 Å². The van der Waals surface area contributed by atoms with Gasteiger partial charge in [0.15, 0.2) is 0 Å². The maximum Gasteiger partial charge on any atom is 0.274 e. The molecule has 0 aliphatic heterocycles. The van der Waals surface area contributed by atoms with E-state index in [0.717, 1.165) is 19.0 Å². The molecule has 1 rings (SSSR count). The minimum absolute atomic E-state index is 0.0420. The molecule has 5 heteroatoms. The van der Waals surface area contributed by atoms with Crippen LogP contribution in [-0.4, -0.2) is 11.5 Å². The highest BCUT2D eigenvalue weighted by Crippen LogP contribution is 2.20. The standard InChI is InChI=1S/C13H19FN2O2/c1-13(2,3)6-7-15-9-10-8-11(14)4-5-12(10)16(17)18/h4-5,8,15H,6-7,9H2,1-3H3. The molecule has 0 spiro atoms. The summed E-state index contributed by atoms with van der Waals surface area (Å²) in [6.07, 6.45) is 0.954. The molecular formula is C13H19FN2O2. The van der Waals surface area contributed by atoms with Crippen LogP contribution >= 0.6 is 0 Å². The molecule has 18 heavy (non-hydrogen) atoms. The Kier molecular flexibility index (Phi) is 4.78. The normalized spacial score (nSPS) is 11.6. The number of rotatable bonds is 5. The van der Waals surface area contributed by atoms with Gasteiger partial charge in [0.1, 0.15) is 5.82 Å². The zero-order valence-electron chi connectivity index (χ0n) is 11.0. The second-order valence-electron chi connectivity index (χ2n) is 5.52. The number of hydrogen-bond acceptors (Lipinski definition) is 3. The lowest BCUT2D eigenvalue weighted by molar-refractivity contribution is -0.385. The fraction of sp³-hybridized carbons (Fsp3) is 0.538. The lowest BCUT2D eigenvalue weighted by Gasteiger charge is -2.18. The molecule has 0 bridgehead atoms. The van der Waals surface area contributed by atoms with Gasteiger partial charge in [0.2, 0.25) is 0 Å². The number of nitrogens with zero attached hydrogens (tertiary/aromatic N) is 1. The van der Waals surface area contributed by atoms with E-state index in [1.807, 2.05) is 0 Å². The van der Waals surface area contributed by atoms with E-state index < -0.39 is 10.7 Å². The number of halogens is 1. The maximum atomic E-state index is 13.1. The Morgan fingerprint density at radius 1 is 1.39 bits per heavy atom. The number of nitro benzene ring substituents is 1. The second-order valence-corrected chi connectivity index (χ2v) is 5.52. The zero-order valence-corrected chi connectivity index (χ0v) is 11.0. The van der Waals surface area contributed by atoms with Gasteiger partial charge >= 0.3 is 0 Å². The molecule has 0 amide bonds. The minimum Gasteiger partial charge on any atom is -0.312 e. The van der Waals surface area contributed by atoms with Gasteiger partial charge < -0.3 is 5.32 Å². The summed E-state index contributed by atoms with van der Waals surface area (Å²) >= 11 is 0. The monoisotopic (exact) mass is 254 g/mol. The fourth-order valence-electron chi connectivity index (χ4n) is 1.56. The van der Waals surface area contributed by atoms with Crippen molar-refractivity contribution in [1.29, 1.82) is 0 Å². The molecule has 0 fully saturated rings. The third-order valence-corrected chi connectivity index (χ3v) is 2.61. The Hall–Kier alpha value is -1.49. The summed E-state index contributed by atoms with van der Waals surface area (Å²) in [6.45, 7) is 7.43. The highest BCUT2D eigenvalue weighted by Gasteiger charge is 2.14. The molecule has 0 atom stereocenters. The molecule has 1 N–H and O–H groups in total. The van der Waals surface area contributed by atoms with Crippen LogP contribution in [0, 0.1) is 21.3 Å². The molecule has 100 valence electrons. The first-order valence-corrected chi connectivity index (χ1v) is 5.93. The smallest absolute Gasteiger partial charge is 0.274 e. The summed E-state index contributed by atoms with van der Waals surface area (Å²) in [5.41, 5.74) is 0.550. The van der Waals surface area contributed by atoms with Crippen LogP contribution in [0.3, 0.4) is 0 Å². The van der Waals surface area contributed by atoms with E-state index in [1.54, 1.807) is 0 Å². The van der Waals surface area contributed by atoms with E-state index in [0.29, 0.717) is 12.1 Å². The Morgan fingerprint density at radius 2 is 2.06 bits per heavy atom. The first kappa shape index (κ1) is 14.6. The highest BCUT2D eigenvalue weighted by atomic mass is 19.1. The summed E-state index contributed by atoms with van der Waals surface area (Å²) in [5.74, 6) is -0.451. The third-order valence-electron chi connectivity index (χ3n) is 2.61. The van der Waals surface area contributed by atoms with Gasteiger partial charge in [-0.3, -0.25) is 10.1 Å². The van der Waals surface area contributed by atoms with Gasteiger partial charge in [-0.25, -0.2) is 4.39 Å². The van der Waals surface area contributed by atoms with Gasteiger partial charge in [0.25, 0.3) is 5.69 Å². The van der Waals surface area contributed by atoms with Crippen molar-refractivity contribution in [3.05, 3.63) is 39.7 Å². The predicted octanol–water partition coefficient (Wildman–Crippen LogP) is 3.26. The predicted molar refractivity (Wildman–Crippen MR) is 68.8 cm³/mol. The van der Waals surface area contributed by atoms with E-state index in [1.165, 1.54) is 12.1 Å². The number of nitro groups is 1. The van der Waals surface area contributed by atoms with E-state index in [2.05, 4.69) is 26.1 Å². The van der Waals surface area contributed by atoms with Crippen molar-refractivity contribution in [3.8, 4) is 0 Å². The Balaban J connectivity index is 2.61. The number of hydrogen-bond donors (Lipinski definition) is 1. The quantitative estimate of drug-likeness (QED) is 0.498. The van der Waals surface area contributed by atoms with Crippen molar-refractivity contribution in [3.63, 3.8) is 0 Å². The van der Waals surface area contributed by atoms with Crippen molar-refractivity contribution < 1.29 is 9.31 Å². The van der Waals surface area contributed by atoms with Crippen molar-refractivity contribution in [1.82, 2.24) is 5.32 Å². The Bertz CT molecular complexity index is 427. The first-order chi connectivity index (χ1) is 8.29. The van der Waals surface area contributed by atoms with Gasteiger partial charge in [-0.2, -0.15) is 0 Å². The zero-order chi connectivity index (χ0) is 13.8.